The predicted octanol–water partition coefficient (Wildman–Crippen LogP) is 1.15. The van der Waals surface area contributed by atoms with Gasteiger partial charge in [0, 0.05) is 0 Å². The van der Waals surface area contributed by atoms with Gasteiger partial charge in [0.05, 0.1) is 0 Å². The Labute approximate surface area is 101 Å². The van der Waals surface area contributed by atoms with E-state index in [0.717, 1.165) is 19.3 Å². The Morgan fingerprint density at radius 2 is 2.18 bits per heavy atom. The Kier molecular flexibility index (Phi) is 2.77. The molecule has 2 atom stereocenters. The fourth-order valence-corrected chi connectivity index (χ4v) is 2.59. The second-order valence-electron chi connectivity index (χ2n) is 4.67. The molecule has 0 aromatic carbocycles. The van der Waals surface area contributed by atoms with E-state index in [4.69, 9.17) is 16.3 Å². The number of rotatable bonds is 0. The molecule has 2 aliphatic rings. The third-order valence-electron chi connectivity index (χ3n) is 3.65. The van der Waals surface area contributed by atoms with E-state index in [1.54, 1.807) is 0 Å². The number of nitriles is 2. The van der Waals surface area contributed by atoms with Gasteiger partial charge in [0.25, 0.3) is 0 Å². The predicted molar refractivity (Wildman–Crippen MR) is 63.4 cm³/mol. The van der Waals surface area contributed by atoms with Crippen molar-refractivity contribution >= 4 is 5.84 Å². The summed E-state index contributed by atoms with van der Waals surface area (Å²) in [6.07, 6.45) is 4.28. The maximum Gasteiger partial charge on any atom is 0.156 e. The molecule has 1 fully saturated rings. The molecule has 1 spiro atoms. The van der Waals surface area contributed by atoms with Crippen molar-refractivity contribution in [3.63, 3.8) is 0 Å². The van der Waals surface area contributed by atoms with Crippen molar-refractivity contribution in [2.75, 3.05) is 0 Å². The number of nitrogens with two attached hydrogens (primary N) is 1. The summed E-state index contributed by atoms with van der Waals surface area (Å²) < 4.78 is 0. The van der Waals surface area contributed by atoms with Crippen LogP contribution in [0.5, 0.6) is 0 Å². The molecule has 5 heteroatoms. The maximum absolute atomic E-state index is 8.88. The van der Waals surface area contributed by atoms with Gasteiger partial charge in [-0.05, 0) is 25.2 Å². The molecule has 1 aliphatic carbocycles. The van der Waals surface area contributed by atoms with Gasteiger partial charge < -0.3 is 11.1 Å². The molecular formula is C12H15N5. The summed E-state index contributed by atoms with van der Waals surface area (Å²) in [5, 5.41) is 21.0. The third-order valence-corrected chi connectivity index (χ3v) is 3.65. The van der Waals surface area contributed by atoms with Crippen LogP contribution in [0.1, 0.15) is 32.6 Å². The summed E-state index contributed by atoms with van der Waals surface area (Å²) in [6.45, 7) is 2.13. The molecule has 17 heavy (non-hydrogen) atoms. The zero-order chi connectivity index (χ0) is 12.5. The van der Waals surface area contributed by atoms with Gasteiger partial charge in [-0.3, -0.25) is 0 Å². The molecule has 0 saturated heterocycles. The van der Waals surface area contributed by atoms with Crippen LogP contribution in [0.25, 0.3) is 0 Å². The quantitative estimate of drug-likeness (QED) is 0.609. The zero-order valence-electron chi connectivity index (χ0n) is 9.82. The number of nitrogens with one attached hydrogen (secondary N) is 1. The first-order chi connectivity index (χ1) is 8.13. The summed E-state index contributed by atoms with van der Waals surface area (Å²) in [5.74, 6) is 0.655. The minimum absolute atomic E-state index is 0.0147. The Hall–Kier alpha value is -2.01. The number of allylic oxidation sites excluding steroid dienone is 1. The smallest absolute Gasteiger partial charge is 0.156 e. The van der Waals surface area contributed by atoms with Crippen LogP contribution in [-0.2, 0) is 0 Å². The molecule has 0 aromatic rings. The fourth-order valence-electron chi connectivity index (χ4n) is 2.59. The molecule has 0 amide bonds. The number of amidine groups is 1. The van der Waals surface area contributed by atoms with Crippen LogP contribution in [-0.4, -0.2) is 11.5 Å². The van der Waals surface area contributed by atoms with Gasteiger partial charge in [0.15, 0.2) is 5.57 Å². The van der Waals surface area contributed by atoms with Gasteiger partial charge in [-0.1, -0.05) is 13.3 Å². The van der Waals surface area contributed by atoms with Crippen molar-refractivity contribution < 1.29 is 0 Å². The minimum atomic E-state index is -0.392. The van der Waals surface area contributed by atoms with Gasteiger partial charge in [0.2, 0.25) is 0 Å². The van der Waals surface area contributed by atoms with Crippen molar-refractivity contribution in [1.82, 2.24) is 5.32 Å². The van der Waals surface area contributed by atoms with E-state index < -0.39 is 5.66 Å². The molecule has 1 heterocycles. The monoisotopic (exact) mass is 229 g/mol. The SMILES string of the molecule is CC1CCCCC12N=C(N)C(=C(C#N)C#N)N2. The second kappa shape index (κ2) is 4.10. The van der Waals surface area contributed by atoms with Crippen molar-refractivity contribution in [3.8, 4) is 12.1 Å². The lowest BCUT2D eigenvalue weighted by Crippen LogP contribution is -2.47. The average molecular weight is 229 g/mol. The summed E-state index contributed by atoms with van der Waals surface area (Å²) in [5.41, 5.74) is 5.85. The molecule has 88 valence electrons. The molecule has 3 N–H and O–H groups in total. The fraction of sp³-hybridized carbons (Fsp3) is 0.583. The molecule has 1 saturated carbocycles. The van der Waals surface area contributed by atoms with Gasteiger partial charge >= 0.3 is 0 Å². The van der Waals surface area contributed by atoms with E-state index in [0.29, 0.717) is 11.6 Å². The molecule has 1 aliphatic heterocycles. The Balaban J connectivity index is 2.38. The lowest BCUT2D eigenvalue weighted by Gasteiger charge is -2.37. The molecule has 2 rings (SSSR count). The highest BCUT2D eigenvalue weighted by Crippen LogP contribution is 2.38. The first-order valence-electron chi connectivity index (χ1n) is 5.81. The molecule has 0 aromatic heterocycles. The Bertz CT molecular complexity index is 460. The van der Waals surface area contributed by atoms with Crippen molar-refractivity contribution in [2.24, 2.45) is 16.6 Å². The first kappa shape index (κ1) is 11.5. The third kappa shape index (κ3) is 1.74. The van der Waals surface area contributed by atoms with Gasteiger partial charge in [0.1, 0.15) is 29.3 Å². The highest BCUT2D eigenvalue weighted by molar-refractivity contribution is 6.00. The summed E-state index contributed by atoms with van der Waals surface area (Å²) >= 11 is 0. The van der Waals surface area contributed by atoms with Crippen LogP contribution in [0.3, 0.4) is 0 Å². The van der Waals surface area contributed by atoms with Crippen molar-refractivity contribution in [1.29, 1.82) is 10.5 Å². The topological polar surface area (TPSA) is 98.0 Å². The molecular weight excluding hydrogens is 214 g/mol. The first-order valence-corrected chi connectivity index (χ1v) is 5.81. The lowest BCUT2D eigenvalue weighted by molar-refractivity contribution is 0.188. The molecule has 5 nitrogen and oxygen atoms in total. The van der Waals surface area contributed by atoms with Crippen LogP contribution >= 0.6 is 0 Å². The maximum atomic E-state index is 8.88. The standard InChI is InChI=1S/C12H15N5/c1-8-4-2-3-5-12(8)16-10(11(15)17-12)9(6-13)7-14/h8,16H,2-5H2,1H3,(H2,15,17). The van der Waals surface area contributed by atoms with Crippen LogP contribution in [0.2, 0.25) is 0 Å². The van der Waals surface area contributed by atoms with Gasteiger partial charge in [-0.25, -0.2) is 4.99 Å². The van der Waals surface area contributed by atoms with E-state index in [9.17, 15) is 0 Å². The number of aliphatic imine (C=N–C) groups is 1. The Morgan fingerprint density at radius 1 is 1.47 bits per heavy atom. The second-order valence-corrected chi connectivity index (χ2v) is 4.67. The van der Waals surface area contributed by atoms with Crippen molar-refractivity contribution in [3.05, 3.63) is 11.3 Å². The van der Waals surface area contributed by atoms with Crippen LogP contribution < -0.4 is 11.1 Å². The zero-order valence-corrected chi connectivity index (χ0v) is 9.82. The van der Waals surface area contributed by atoms with Gasteiger partial charge in [-0.2, -0.15) is 10.5 Å². The van der Waals surface area contributed by atoms with E-state index in [1.807, 2.05) is 12.1 Å². The van der Waals surface area contributed by atoms with Crippen molar-refractivity contribution in [2.45, 2.75) is 38.3 Å². The summed E-state index contributed by atoms with van der Waals surface area (Å²) in [7, 11) is 0. The summed E-state index contributed by atoms with van der Waals surface area (Å²) in [6, 6.07) is 3.71. The highest BCUT2D eigenvalue weighted by Gasteiger charge is 2.43. The number of hydrogen-bond acceptors (Lipinski definition) is 5. The van der Waals surface area contributed by atoms with Gasteiger partial charge in [-0.15, -0.1) is 0 Å². The number of nitrogens with zero attached hydrogens (tertiary/aromatic N) is 3. The van der Waals surface area contributed by atoms with E-state index in [1.165, 1.54) is 6.42 Å². The van der Waals surface area contributed by atoms with Crippen LogP contribution in [0.4, 0.5) is 0 Å². The molecule has 2 unspecified atom stereocenters. The Morgan fingerprint density at radius 3 is 2.76 bits per heavy atom. The number of hydrogen-bond donors (Lipinski definition) is 2. The minimum Gasteiger partial charge on any atom is -0.382 e. The lowest BCUT2D eigenvalue weighted by atomic mass is 9.80. The van der Waals surface area contributed by atoms with Crippen LogP contribution in [0, 0.1) is 28.6 Å². The van der Waals surface area contributed by atoms with E-state index in [2.05, 4.69) is 17.2 Å². The van der Waals surface area contributed by atoms with E-state index >= 15 is 0 Å². The normalized spacial score (nSPS) is 31.4. The average Bonchev–Trinajstić information content (AvgIpc) is 2.64. The van der Waals surface area contributed by atoms with Crippen LogP contribution in [0.15, 0.2) is 16.3 Å². The summed E-state index contributed by atoms with van der Waals surface area (Å²) in [4.78, 5) is 4.48. The largest absolute Gasteiger partial charge is 0.382 e. The van der Waals surface area contributed by atoms with E-state index in [-0.39, 0.29) is 11.4 Å². The highest BCUT2D eigenvalue weighted by atomic mass is 15.2. The molecule has 0 radical (unpaired) electrons. The molecule has 0 bridgehead atoms.